The first-order valence-electron chi connectivity index (χ1n) is 6.85. The molecule has 0 aromatic heterocycles. The summed E-state index contributed by atoms with van der Waals surface area (Å²) in [5, 5.41) is 12.9. The van der Waals surface area contributed by atoms with Gasteiger partial charge in [0.15, 0.2) is 0 Å². The van der Waals surface area contributed by atoms with Gasteiger partial charge >= 0.3 is 0 Å². The van der Waals surface area contributed by atoms with Crippen molar-refractivity contribution in [2.24, 2.45) is 0 Å². The van der Waals surface area contributed by atoms with Crippen LogP contribution in [-0.4, -0.2) is 6.10 Å². The van der Waals surface area contributed by atoms with E-state index in [4.69, 9.17) is 21.6 Å². The number of hydrogen-bond donors (Lipinski definition) is 1. The lowest BCUT2D eigenvalue weighted by Gasteiger charge is -2.14. The minimum Gasteiger partial charge on any atom is -0.491 e. The van der Waals surface area contributed by atoms with Crippen molar-refractivity contribution in [3.8, 4) is 11.8 Å². The van der Waals surface area contributed by atoms with Gasteiger partial charge in [0.05, 0.1) is 17.4 Å². The standard InChI is InChI=1S/C17H17ClN2O/c1-3-12(2)21-16-6-4-5-15(10-16)20-17-9-14(18)8-7-13(17)11-19/h4-10,12,20H,3H2,1-2H3. The number of nitriles is 1. The van der Waals surface area contributed by atoms with E-state index >= 15 is 0 Å². The minimum atomic E-state index is 0.168. The molecule has 0 radical (unpaired) electrons. The van der Waals surface area contributed by atoms with E-state index in [-0.39, 0.29) is 6.10 Å². The Bertz CT molecular complexity index is 664. The molecule has 0 fully saturated rings. The van der Waals surface area contributed by atoms with Gasteiger partial charge in [-0.1, -0.05) is 24.6 Å². The predicted molar refractivity (Wildman–Crippen MR) is 86.3 cm³/mol. The Kier molecular flexibility index (Phi) is 5.08. The van der Waals surface area contributed by atoms with Crippen molar-refractivity contribution < 1.29 is 4.74 Å². The van der Waals surface area contributed by atoms with Crippen LogP contribution in [0.2, 0.25) is 5.02 Å². The van der Waals surface area contributed by atoms with Crippen LogP contribution in [0.1, 0.15) is 25.8 Å². The zero-order chi connectivity index (χ0) is 15.2. The highest BCUT2D eigenvalue weighted by Crippen LogP contribution is 2.26. The van der Waals surface area contributed by atoms with E-state index < -0.39 is 0 Å². The number of nitrogens with zero attached hydrogens (tertiary/aromatic N) is 1. The quantitative estimate of drug-likeness (QED) is 0.832. The molecule has 3 nitrogen and oxygen atoms in total. The second kappa shape index (κ2) is 7.01. The SMILES string of the molecule is CCC(C)Oc1cccc(Nc2cc(Cl)ccc2C#N)c1. The van der Waals surface area contributed by atoms with Crippen molar-refractivity contribution >= 4 is 23.0 Å². The summed E-state index contributed by atoms with van der Waals surface area (Å²) in [5.41, 5.74) is 2.09. The molecule has 21 heavy (non-hydrogen) atoms. The normalized spacial score (nSPS) is 11.5. The van der Waals surface area contributed by atoms with E-state index in [1.54, 1.807) is 18.2 Å². The molecule has 0 saturated heterocycles. The van der Waals surface area contributed by atoms with Crippen LogP contribution in [0.4, 0.5) is 11.4 Å². The van der Waals surface area contributed by atoms with E-state index in [1.807, 2.05) is 31.2 Å². The molecule has 1 atom stereocenters. The van der Waals surface area contributed by atoms with Gasteiger partial charge in [0.1, 0.15) is 11.8 Å². The van der Waals surface area contributed by atoms with Gasteiger partial charge in [0.2, 0.25) is 0 Å². The summed E-state index contributed by atoms with van der Waals surface area (Å²) in [5.74, 6) is 0.801. The highest BCUT2D eigenvalue weighted by molar-refractivity contribution is 6.30. The summed E-state index contributed by atoms with van der Waals surface area (Å²) in [7, 11) is 0. The number of halogens is 1. The van der Waals surface area contributed by atoms with Gasteiger partial charge in [0, 0.05) is 16.8 Å². The topological polar surface area (TPSA) is 45.0 Å². The molecule has 2 aromatic rings. The van der Waals surface area contributed by atoms with Crippen LogP contribution in [0.3, 0.4) is 0 Å². The van der Waals surface area contributed by atoms with E-state index in [0.29, 0.717) is 16.3 Å². The van der Waals surface area contributed by atoms with Crippen LogP contribution in [-0.2, 0) is 0 Å². The summed E-state index contributed by atoms with van der Waals surface area (Å²) in [4.78, 5) is 0. The number of benzene rings is 2. The molecule has 2 rings (SSSR count). The maximum absolute atomic E-state index is 9.14. The minimum absolute atomic E-state index is 0.168. The molecule has 1 unspecified atom stereocenters. The van der Waals surface area contributed by atoms with Crippen molar-refractivity contribution in [3.05, 3.63) is 53.1 Å². The summed E-state index contributed by atoms with van der Waals surface area (Å²) in [6.07, 6.45) is 1.12. The smallest absolute Gasteiger partial charge is 0.121 e. The lowest BCUT2D eigenvalue weighted by atomic mass is 10.2. The Hall–Kier alpha value is -2.18. The van der Waals surface area contributed by atoms with E-state index in [1.165, 1.54) is 0 Å². The molecule has 2 aromatic carbocycles. The van der Waals surface area contributed by atoms with Gasteiger partial charge in [-0.3, -0.25) is 0 Å². The average Bonchev–Trinajstić information content (AvgIpc) is 2.48. The number of anilines is 2. The second-order valence-corrected chi connectivity index (χ2v) is 5.23. The summed E-state index contributed by atoms with van der Waals surface area (Å²) in [6.45, 7) is 4.11. The fourth-order valence-corrected chi connectivity index (χ4v) is 2.01. The monoisotopic (exact) mass is 300 g/mol. The average molecular weight is 301 g/mol. The summed E-state index contributed by atoms with van der Waals surface area (Å²) in [6, 6.07) is 14.9. The molecule has 0 aliphatic heterocycles. The number of hydrogen-bond acceptors (Lipinski definition) is 3. The van der Waals surface area contributed by atoms with Crippen LogP contribution >= 0.6 is 11.6 Å². The molecule has 0 aliphatic rings. The summed E-state index contributed by atoms with van der Waals surface area (Å²) < 4.78 is 5.79. The molecule has 0 amide bonds. The summed E-state index contributed by atoms with van der Waals surface area (Å²) >= 11 is 5.98. The highest BCUT2D eigenvalue weighted by Gasteiger charge is 2.05. The van der Waals surface area contributed by atoms with Crippen LogP contribution in [0, 0.1) is 11.3 Å². The van der Waals surface area contributed by atoms with Crippen molar-refractivity contribution in [1.29, 1.82) is 5.26 Å². The third kappa shape index (κ3) is 4.14. The number of nitrogens with one attached hydrogen (secondary N) is 1. The molecule has 0 bridgehead atoms. The van der Waals surface area contributed by atoms with Crippen molar-refractivity contribution in [1.82, 2.24) is 0 Å². The molecule has 0 spiro atoms. The maximum atomic E-state index is 9.14. The van der Waals surface area contributed by atoms with Gasteiger partial charge in [-0.15, -0.1) is 0 Å². The molecule has 0 aliphatic carbocycles. The van der Waals surface area contributed by atoms with Gasteiger partial charge in [-0.2, -0.15) is 5.26 Å². The molecule has 108 valence electrons. The van der Waals surface area contributed by atoms with Crippen LogP contribution in [0.25, 0.3) is 0 Å². The Morgan fingerprint density at radius 1 is 1.29 bits per heavy atom. The van der Waals surface area contributed by atoms with Crippen LogP contribution in [0.5, 0.6) is 5.75 Å². The van der Waals surface area contributed by atoms with Crippen molar-refractivity contribution in [3.63, 3.8) is 0 Å². The highest BCUT2D eigenvalue weighted by atomic mass is 35.5. The molecular formula is C17H17ClN2O. The fourth-order valence-electron chi connectivity index (χ4n) is 1.84. The van der Waals surface area contributed by atoms with Gasteiger partial charge in [-0.25, -0.2) is 0 Å². The zero-order valence-corrected chi connectivity index (χ0v) is 12.8. The third-order valence-corrected chi connectivity index (χ3v) is 3.36. The van der Waals surface area contributed by atoms with Crippen LogP contribution in [0.15, 0.2) is 42.5 Å². The van der Waals surface area contributed by atoms with Gasteiger partial charge in [-0.05, 0) is 43.7 Å². The first kappa shape index (κ1) is 15.2. The Balaban J connectivity index is 2.22. The van der Waals surface area contributed by atoms with E-state index in [0.717, 1.165) is 17.9 Å². The van der Waals surface area contributed by atoms with Gasteiger partial charge < -0.3 is 10.1 Å². The lowest BCUT2D eigenvalue weighted by molar-refractivity contribution is 0.217. The van der Waals surface area contributed by atoms with Crippen molar-refractivity contribution in [2.75, 3.05) is 5.32 Å². The number of rotatable bonds is 5. The molecule has 0 saturated carbocycles. The zero-order valence-electron chi connectivity index (χ0n) is 12.1. The first-order chi connectivity index (χ1) is 10.1. The third-order valence-electron chi connectivity index (χ3n) is 3.13. The Labute approximate surface area is 130 Å². The van der Waals surface area contributed by atoms with E-state index in [9.17, 15) is 0 Å². The Morgan fingerprint density at radius 3 is 2.81 bits per heavy atom. The lowest BCUT2D eigenvalue weighted by Crippen LogP contribution is -2.09. The largest absolute Gasteiger partial charge is 0.491 e. The maximum Gasteiger partial charge on any atom is 0.121 e. The Morgan fingerprint density at radius 2 is 2.10 bits per heavy atom. The molecule has 1 N–H and O–H groups in total. The predicted octanol–water partition coefficient (Wildman–Crippen LogP) is 5.13. The van der Waals surface area contributed by atoms with Crippen LogP contribution < -0.4 is 10.1 Å². The van der Waals surface area contributed by atoms with Crippen molar-refractivity contribution in [2.45, 2.75) is 26.4 Å². The van der Waals surface area contributed by atoms with E-state index in [2.05, 4.69) is 18.3 Å². The van der Waals surface area contributed by atoms with Gasteiger partial charge in [0.25, 0.3) is 0 Å². The molecule has 4 heteroatoms. The number of ether oxygens (including phenoxy) is 1. The molecular weight excluding hydrogens is 284 g/mol. The molecule has 0 heterocycles. The second-order valence-electron chi connectivity index (χ2n) is 4.79. The first-order valence-corrected chi connectivity index (χ1v) is 7.23. The fraction of sp³-hybridized carbons (Fsp3) is 0.235.